The number of rotatable bonds is 4. The first-order valence-electron chi connectivity index (χ1n) is 7.14. The molecule has 0 aromatic heterocycles. The van der Waals surface area contributed by atoms with Crippen LogP contribution in [0.2, 0.25) is 5.02 Å². The molecule has 104 valence electrons. The molecule has 0 bridgehead atoms. The fourth-order valence-corrected chi connectivity index (χ4v) is 2.95. The number of nitrogens with one attached hydrogen (secondary N) is 1. The summed E-state index contributed by atoms with van der Waals surface area (Å²) >= 11 is 6.21. The first-order valence-corrected chi connectivity index (χ1v) is 7.52. The maximum Gasteiger partial charge on any atom is 0.0471 e. The Hall–Kier alpha value is -1.51. The molecule has 1 N–H and O–H groups in total. The fourth-order valence-electron chi connectivity index (χ4n) is 2.79. The van der Waals surface area contributed by atoms with Crippen molar-refractivity contribution < 1.29 is 0 Å². The van der Waals surface area contributed by atoms with Gasteiger partial charge >= 0.3 is 0 Å². The van der Waals surface area contributed by atoms with Gasteiger partial charge in [-0.1, -0.05) is 42.8 Å². The van der Waals surface area contributed by atoms with E-state index in [2.05, 4.69) is 53.5 Å². The Balaban J connectivity index is 1.99. The van der Waals surface area contributed by atoms with Crippen LogP contribution in [0.15, 0.2) is 42.5 Å². The highest BCUT2D eigenvalue weighted by Gasteiger charge is 2.21. The van der Waals surface area contributed by atoms with E-state index < -0.39 is 0 Å². The van der Waals surface area contributed by atoms with E-state index in [1.807, 2.05) is 6.07 Å². The van der Waals surface area contributed by atoms with Gasteiger partial charge in [-0.25, -0.2) is 0 Å². The zero-order chi connectivity index (χ0) is 13.9. The average Bonchev–Trinajstić information content (AvgIpc) is 2.90. The SMILES string of the molecule is CCNCc1ccc(Cl)cc1N1CCc2ccccc21. The number of hydrogen-bond donors (Lipinski definition) is 1. The van der Waals surface area contributed by atoms with Gasteiger partial charge in [0.25, 0.3) is 0 Å². The minimum Gasteiger partial charge on any atom is -0.341 e. The number of hydrogen-bond acceptors (Lipinski definition) is 2. The van der Waals surface area contributed by atoms with Crippen LogP contribution in [0, 0.1) is 0 Å². The van der Waals surface area contributed by atoms with Gasteiger partial charge in [-0.3, -0.25) is 0 Å². The van der Waals surface area contributed by atoms with Crippen molar-refractivity contribution in [3.8, 4) is 0 Å². The Bertz CT molecular complexity index is 610. The third kappa shape index (κ3) is 2.54. The number of nitrogens with zero attached hydrogens (tertiary/aromatic N) is 1. The van der Waals surface area contributed by atoms with Crippen LogP contribution < -0.4 is 10.2 Å². The zero-order valence-corrected chi connectivity index (χ0v) is 12.5. The standard InChI is InChI=1S/C17H19ClN2/c1-2-19-12-14-7-8-15(18)11-17(14)20-10-9-13-5-3-4-6-16(13)20/h3-8,11,19H,2,9-10,12H2,1H3. The second kappa shape index (κ2) is 5.86. The molecule has 1 aliphatic rings. The third-order valence-electron chi connectivity index (χ3n) is 3.79. The Kier molecular flexibility index (Phi) is 3.95. The molecule has 3 rings (SSSR count). The highest BCUT2D eigenvalue weighted by atomic mass is 35.5. The van der Waals surface area contributed by atoms with E-state index in [4.69, 9.17) is 11.6 Å². The van der Waals surface area contributed by atoms with Crippen LogP contribution in [0.5, 0.6) is 0 Å². The number of halogens is 1. The van der Waals surface area contributed by atoms with Gasteiger partial charge in [-0.05, 0) is 42.3 Å². The number of para-hydroxylation sites is 1. The first kappa shape index (κ1) is 13.5. The van der Waals surface area contributed by atoms with Crippen molar-refractivity contribution in [3.63, 3.8) is 0 Å². The van der Waals surface area contributed by atoms with E-state index in [-0.39, 0.29) is 0 Å². The molecule has 0 amide bonds. The molecule has 0 saturated heterocycles. The van der Waals surface area contributed by atoms with Crippen LogP contribution in [0.1, 0.15) is 18.1 Å². The minimum atomic E-state index is 0.796. The van der Waals surface area contributed by atoms with Crippen LogP contribution in [-0.4, -0.2) is 13.1 Å². The smallest absolute Gasteiger partial charge is 0.0471 e. The molecule has 3 heteroatoms. The van der Waals surface area contributed by atoms with Crippen molar-refractivity contribution >= 4 is 23.0 Å². The summed E-state index contributed by atoms with van der Waals surface area (Å²) in [4.78, 5) is 2.38. The van der Waals surface area contributed by atoms with Gasteiger partial charge in [0.15, 0.2) is 0 Å². The van der Waals surface area contributed by atoms with E-state index in [0.717, 1.165) is 31.1 Å². The maximum absolute atomic E-state index is 6.21. The second-order valence-corrected chi connectivity index (χ2v) is 5.52. The van der Waals surface area contributed by atoms with Crippen LogP contribution in [0.3, 0.4) is 0 Å². The van der Waals surface area contributed by atoms with Crippen molar-refractivity contribution in [2.75, 3.05) is 18.0 Å². The van der Waals surface area contributed by atoms with Crippen LogP contribution in [0.4, 0.5) is 11.4 Å². The molecule has 20 heavy (non-hydrogen) atoms. The van der Waals surface area contributed by atoms with Crippen LogP contribution in [-0.2, 0) is 13.0 Å². The summed E-state index contributed by atoms with van der Waals surface area (Å²) in [5, 5.41) is 4.20. The lowest BCUT2D eigenvalue weighted by Gasteiger charge is -2.23. The normalized spacial score (nSPS) is 13.6. The zero-order valence-electron chi connectivity index (χ0n) is 11.7. The highest BCUT2D eigenvalue weighted by Crippen LogP contribution is 2.37. The van der Waals surface area contributed by atoms with Crippen molar-refractivity contribution in [2.45, 2.75) is 19.9 Å². The lowest BCUT2D eigenvalue weighted by Crippen LogP contribution is -2.19. The van der Waals surface area contributed by atoms with Gasteiger partial charge in [-0.2, -0.15) is 0 Å². The molecule has 0 unspecified atom stereocenters. The summed E-state index contributed by atoms with van der Waals surface area (Å²) in [6.07, 6.45) is 1.10. The van der Waals surface area contributed by atoms with Gasteiger partial charge in [0.05, 0.1) is 0 Å². The lowest BCUT2D eigenvalue weighted by molar-refractivity contribution is 0.725. The van der Waals surface area contributed by atoms with Crippen LogP contribution >= 0.6 is 11.6 Å². The largest absolute Gasteiger partial charge is 0.341 e. The predicted octanol–water partition coefficient (Wildman–Crippen LogP) is 4.14. The Morgan fingerprint density at radius 1 is 1.15 bits per heavy atom. The monoisotopic (exact) mass is 286 g/mol. The summed E-state index contributed by atoms with van der Waals surface area (Å²) in [7, 11) is 0. The molecule has 2 nitrogen and oxygen atoms in total. The van der Waals surface area contributed by atoms with E-state index in [9.17, 15) is 0 Å². The summed E-state index contributed by atoms with van der Waals surface area (Å²) < 4.78 is 0. The molecule has 1 heterocycles. The van der Waals surface area contributed by atoms with Crippen molar-refractivity contribution in [3.05, 3.63) is 58.6 Å². The Morgan fingerprint density at radius 2 is 2.00 bits per heavy atom. The number of anilines is 2. The molecule has 0 radical (unpaired) electrons. The molecular formula is C17H19ClN2. The molecule has 0 fully saturated rings. The third-order valence-corrected chi connectivity index (χ3v) is 4.03. The Labute approximate surface area is 125 Å². The molecule has 0 aliphatic carbocycles. The topological polar surface area (TPSA) is 15.3 Å². The van der Waals surface area contributed by atoms with Crippen molar-refractivity contribution in [1.82, 2.24) is 5.32 Å². The summed E-state index contributed by atoms with van der Waals surface area (Å²) in [6, 6.07) is 14.8. The minimum absolute atomic E-state index is 0.796. The van der Waals surface area contributed by atoms with E-state index in [0.29, 0.717) is 0 Å². The maximum atomic E-state index is 6.21. The van der Waals surface area contributed by atoms with E-state index in [1.165, 1.54) is 22.5 Å². The van der Waals surface area contributed by atoms with Crippen LogP contribution in [0.25, 0.3) is 0 Å². The summed E-state index contributed by atoms with van der Waals surface area (Å²) in [5.74, 6) is 0. The van der Waals surface area contributed by atoms with Gasteiger partial charge in [0.1, 0.15) is 0 Å². The molecule has 2 aromatic carbocycles. The molecule has 1 aliphatic heterocycles. The van der Waals surface area contributed by atoms with Gasteiger partial charge in [0, 0.05) is 29.5 Å². The van der Waals surface area contributed by atoms with Gasteiger partial charge in [-0.15, -0.1) is 0 Å². The fraction of sp³-hybridized carbons (Fsp3) is 0.294. The number of benzene rings is 2. The molecule has 0 spiro atoms. The predicted molar refractivity (Wildman–Crippen MR) is 86.0 cm³/mol. The second-order valence-electron chi connectivity index (χ2n) is 5.08. The van der Waals surface area contributed by atoms with Crippen molar-refractivity contribution in [2.24, 2.45) is 0 Å². The molecule has 0 saturated carbocycles. The lowest BCUT2D eigenvalue weighted by atomic mass is 10.1. The molecule has 0 atom stereocenters. The highest BCUT2D eigenvalue weighted by molar-refractivity contribution is 6.30. The van der Waals surface area contributed by atoms with Crippen molar-refractivity contribution in [1.29, 1.82) is 0 Å². The first-order chi connectivity index (χ1) is 9.79. The number of fused-ring (bicyclic) bond motifs is 1. The molecular weight excluding hydrogens is 268 g/mol. The van der Waals surface area contributed by atoms with E-state index >= 15 is 0 Å². The van der Waals surface area contributed by atoms with Gasteiger partial charge < -0.3 is 10.2 Å². The van der Waals surface area contributed by atoms with Gasteiger partial charge in [0.2, 0.25) is 0 Å². The summed E-state index contributed by atoms with van der Waals surface area (Å²) in [5.41, 5.74) is 5.26. The molecule has 2 aromatic rings. The summed E-state index contributed by atoms with van der Waals surface area (Å²) in [6.45, 7) is 5.00. The van der Waals surface area contributed by atoms with E-state index in [1.54, 1.807) is 0 Å². The Morgan fingerprint density at radius 3 is 2.85 bits per heavy atom. The average molecular weight is 287 g/mol. The quantitative estimate of drug-likeness (QED) is 0.908.